The van der Waals surface area contributed by atoms with Crippen molar-refractivity contribution >= 4 is 17.7 Å². The van der Waals surface area contributed by atoms with E-state index in [4.69, 9.17) is 5.73 Å². The van der Waals surface area contributed by atoms with E-state index in [1.165, 1.54) is 11.1 Å². The van der Waals surface area contributed by atoms with Gasteiger partial charge in [0.1, 0.15) is 6.04 Å². The Bertz CT molecular complexity index is 655. The fourth-order valence-corrected chi connectivity index (χ4v) is 4.27. The lowest BCUT2D eigenvalue weighted by atomic mass is 10.0. The van der Waals surface area contributed by atoms with E-state index < -0.39 is 11.9 Å². The molecule has 2 unspecified atom stereocenters. The average molecular weight is 367 g/mol. The van der Waals surface area contributed by atoms with Crippen LogP contribution < -0.4 is 11.3 Å². The molecule has 140 valence electrons. The summed E-state index contributed by atoms with van der Waals surface area (Å²) in [6.45, 7) is 9.31. The largest absolute Gasteiger partial charge is 0.368 e. The molecule has 7 heteroatoms. The number of primary amides is 1. The summed E-state index contributed by atoms with van der Waals surface area (Å²) in [5.41, 5.74) is 7.18. The second kappa shape index (κ2) is 8.85. The SMILES string of the molecule is CSC(CC(C)C)C(C(N)=O)n1nc(CCN2CCC2)c(C)cc1=O. The highest BCUT2D eigenvalue weighted by Gasteiger charge is 2.30. The van der Waals surface area contributed by atoms with Crippen molar-refractivity contribution in [3.8, 4) is 0 Å². The number of carbonyl (C=O) groups excluding carboxylic acids is 1. The highest BCUT2D eigenvalue weighted by atomic mass is 32.2. The molecule has 2 atom stereocenters. The Labute approximate surface area is 154 Å². The van der Waals surface area contributed by atoms with E-state index >= 15 is 0 Å². The molecule has 0 bridgehead atoms. The summed E-state index contributed by atoms with van der Waals surface area (Å²) in [6.07, 6.45) is 4.79. The van der Waals surface area contributed by atoms with Crippen molar-refractivity contribution in [1.29, 1.82) is 0 Å². The van der Waals surface area contributed by atoms with Crippen LogP contribution in [0.1, 0.15) is 44.0 Å². The smallest absolute Gasteiger partial charge is 0.267 e. The summed E-state index contributed by atoms with van der Waals surface area (Å²) in [6, 6.07) is 0.870. The molecule has 1 aliphatic heterocycles. The lowest BCUT2D eigenvalue weighted by Gasteiger charge is -2.30. The molecule has 1 saturated heterocycles. The third kappa shape index (κ3) is 5.07. The first-order valence-electron chi connectivity index (χ1n) is 8.97. The molecule has 6 nitrogen and oxygen atoms in total. The Hall–Kier alpha value is -1.34. The number of hydrogen-bond acceptors (Lipinski definition) is 5. The first kappa shape index (κ1) is 20.0. The molecule has 25 heavy (non-hydrogen) atoms. The topological polar surface area (TPSA) is 81.2 Å². The van der Waals surface area contributed by atoms with Crippen molar-refractivity contribution in [1.82, 2.24) is 14.7 Å². The lowest BCUT2D eigenvalue weighted by molar-refractivity contribution is -0.121. The second-order valence-corrected chi connectivity index (χ2v) is 8.33. The van der Waals surface area contributed by atoms with Gasteiger partial charge in [0.15, 0.2) is 0 Å². The van der Waals surface area contributed by atoms with E-state index in [9.17, 15) is 9.59 Å². The zero-order chi connectivity index (χ0) is 18.6. The van der Waals surface area contributed by atoms with Gasteiger partial charge in [0.25, 0.3) is 5.56 Å². The van der Waals surface area contributed by atoms with Gasteiger partial charge in [-0.2, -0.15) is 16.9 Å². The zero-order valence-corrected chi connectivity index (χ0v) is 16.5. The van der Waals surface area contributed by atoms with Crippen molar-refractivity contribution in [3.05, 3.63) is 27.7 Å². The maximum atomic E-state index is 12.5. The molecule has 0 aliphatic carbocycles. The molecule has 1 aliphatic rings. The molecular formula is C18H30N4O2S. The van der Waals surface area contributed by atoms with Gasteiger partial charge in [0, 0.05) is 24.3 Å². The Kier molecular flexibility index (Phi) is 7.07. The van der Waals surface area contributed by atoms with Gasteiger partial charge in [0.05, 0.1) is 5.69 Å². The first-order valence-corrected chi connectivity index (χ1v) is 10.3. The molecule has 1 aromatic heterocycles. The van der Waals surface area contributed by atoms with Crippen LogP contribution in [-0.4, -0.2) is 51.7 Å². The molecule has 2 rings (SSSR count). The van der Waals surface area contributed by atoms with Gasteiger partial charge >= 0.3 is 0 Å². The number of carbonyl (C=O) groups is 1. The number of amides is 1. The van der Waals surface area contributed by atoms with Crippen LogP contribution in [0.3, 0.4) is 0 Å². The average Bonchev–Trinajstić information content (AvgIpc) is 2.47. The van der Waals surface area contributed by atoms with E-state index in [0.717, 1.165) is 43.7 Å². The van der Waals surface area contributed by atoms with E-state index in [0.29, 0.717) is 5.92 Å². The third-order valence-corrected chi connectivity index (χ3v) is 5.83. The van der Waals surface area contributed by atoms with Crippen LogP contribution in [-0.2, 0) is 11.2 Å². The fourth-order valence-electron chi connectivity index (χ4n) is 3.19. The van der Waals surface area contributed by atoms with Gasteiger partial charge in [-0.1, -0.05) is 13.8 Å². The van der Waals surface area contributed by atoms with Crippen LogP contribution in [0.25, 0.3) is 0 Å². The molecule has 2 N–H and O–H groups in total. The van der Waals surface area contributed by atoms with Crippen LogP contribution in [0, 0.1) is 12.8 Å². The molecular weight excluding hydrogens is 336 g/mol. The lowest BCUT2D eigenvalue weighted by Crippen LogP contribution is -2.42. The van der Waals surface area contributed by atoms with Gasteiger partial charge in [-0.05, 0) is 50.6 Å². The number of aromatic nitrogens is 2. The maximum Gasteiger partial charge on any atom is 0.267 e. The van der Waals surface area contributed by atoms with Crippen molar-refractivity contribution < 1.29 is 4.79 Å². The van der Waals surface area contributed by atoms with E-state index in [1.54, 1.807) is 17.8 Å². The Morgan fingerprint density at radius 2 is 2.08 bits per heavy atom. The molecule has 0 radical (unpaired) electrons. The third-order valence-electron chi connectivity index (χ3n) is 4.78. The molecule has 1 aromatic rings. The Morgan fingerprint density at radius 1 is 1.40 bits per heavy atom. The van der Waals surface area contributed by atoms with E-state index in [2.05, 4.69) is 23.8 Å². The standard InChI is InChI=1S/C18H30N4O2S/c1-12(2)10-15(25-4)17(18(19)24)22-16(23)11-13(3)14(20-22)6-9-21-7-5-8-21/h11-12,15,17H,5-10H2,1-4H3,(H2,19,24). The molecule has 1 amide bonds. The first-order chi connectivity index (χ1) is 11.8. The Balaban J connectivity index is 2.31. The maximum absolute atomic E-state index is 12.5. The molecule has 2 heterocycles. The zero-order valence-electron chi connectivity index (χ0n) is 15.7. The minimum absolute atomic E-state index is 0.0614. The summed E-state index contributed by atoms with van der Waals surface area (Å²) in [7, 11) is 0. The molecule has 0 spiro atoms. The minimum Gasteiger partial charge on any atom is -0.368 e. The van der Waals surface area contributed by atoms with Gasteiger partial charge in [0.2, 0.25) is 5.91 Å². The minimum atomic E-state index is -0.715. The monoisotopic (exact) mass is 366 g/mol. The number of nitrogens with zero attached hydrogens (tertiary/aromatic N) is 3. The highest BCUT2D eigenvalue weighted by molar-refractivity contribution is 7.99. The number of aryl methyl sites for hydroxylation is 1. The van der Waals surface area contributed by atoms with Gasteiger partial charge in [-0.25, -0.2) is 4.68 Å². The molecule has 1 fully saturated rings. The van der Waals surface area contributed by atoms with Gasteiger partial charge < -0.3 is 10.6 Å². The quantitative estimate of drug-likeness (QED) is 0.718. The number of likely N-dealkylation sites (tertiary alicyclic amines) is 1. The number of hydrogen-bond donors (Lipinski definition) is 1. The van der Waals surface area contributed by atoms with Crippen molar-refractivity contribution in [3.63, 3.8) is 0 Å². The summed E-state index contributed by atoms with van der Waals surface area (Å²) < 4.78 is 1.32. The van der Waals surface area contributed by atoms with Crippen molar-refractivity contribution in [2.24, 2.45) is 11.7 Å². The second-order valence-electron chi connectivity index (χ2n) is 7.25. The Morgan fingerprint density at radius 3 is 2.56 bits per heavy atom. The summed E-state index contributed by atoms with van der Waals surface area (Å²) >= 11 is 1.57. The normalized spacial score (nSPS) is 17.3. The summed E-state index contributed by atoms with van der Waals surface area (Å²) in [4.78, 5) is 27.0. The van der Waals surface area contributed by atoms with Gasteiger partial charge in [-0.15, -0.1) is 0 Å². The van der Waals surface area contributed by atoms with E-state index in [-0.39, 0.29) is 10.8 Å². The predicted octanol–water partition coefficient (Wildman–Crippen LogP) is 1.60. The highest BCUT2D eigenvalue weighted by Crippen LogP contribution is 2.27. The number of nitrogens with two attached hydrogens (primary N) is 1. The summed E-state index contributed by atoms with van der Waals surface area (Å²) in [5.74, 6) is -0.0847. The van der Waals surface area contributed by atoms with Crippen LogP contribution in [0.4, 0.5) is 0 Å². The fraction of sp³-hybridized carbons (Fsp3) is 0.722. The van der Waals surface area contributed by atoms with Crippen LogP contribution in [0.5, 0.6) is 0 Å². The summed E-state index contributed by atoms with van der Waals surface area (Å²) in [5, 5.41) is 4.50. The van der Waals surface area contributed by atoms with E-state index in [1.807, 2.05) is 13.2 Å². The molecule has 0 saturated carbocycles. The van der Waals surface area contributed by atoms with Crippen molar-refractivity contribution in [2.45, 2.75) is 51.3 Å². The van der Waals surface area contributed by atoms with Gasteiger partial charge in [-0.3, -0.25) is 9.59 Å². The number of thioether (sulfide) groups is 1. The van der Waals surface area contributed by atoms with Crippen LogP contribution >= 0.6 is 11.8 Å². The van der Waals surface area contributed by atoms with Crippen molar-refractivity contribution in [2.75, 3.05) is 25.9 Å². The van der Waals surface area contributed by atoms with Crippen LogP contribution in [0.2, 0.25) is 0 Å². The van der Waals surface area contributed by atoms with Crippen LogP contribution in [0.15, 0.2) is 10.9 Å². The molecule has 0 aromatic carbocycles. The predicted molar refractivity (Wildman–Crippen MR) is 103 cm³/mol. The number of rotatable bonds is 9.